The Labute approximate surface area is 122 Å². The highest BCUT2D eigenvalue weighted by Crippen LogP contribution is 2.24. The Hall–Kier alpha value is -1.29. The average Bonchev–Trinajstić information content (AvgIpc) is 2.34. The standard InChI is InChI=1S/C15H19BrO3/c1-11(2)4-3-9-19-13-6-7-14(16)12(10-13)5-8-15(17)18/h5-8,10-11H,3-4,9H2,1-2H3,(H,17,18)/b8-5+. The summed E-state index contributed by atoms with van der Waals surface area (Å²) in [6, 6.07) is 5.57. The highest BCUT2D eigenvalue weighted by atomic mass is 79.9. The van der Waals surface area contributed by atoms with E-state index in [0.29, 0.717) is 12.5 Å². The van der Waals surface area contributed by atoms with Crippen LogP contribution in [0.15, 0.2) is 28.7 Å². The van der Waals surface area contributed by atoms with Crippen LogP contribution in [0.4, 0.5) is 0 Å². The van der Waals surface area contributed by atoms with Crippen molar-refractivity contribution in [2.24, 2.45) is 5.92 Å². The lowest BCUT2D eigenvalue weighted by molar-refractivity contribution is -0.131. The molecular formula is C15H19BrO3. The molecule has 0 saturated carbocycles. The summed E-state index contributed by atoms with van der Waals surface area (Å²) >= 11 is 3.38. The van der Waals surface area contributed by atoms with Gasteiger partial charge in [-0.25, -0.2) is 4.79 Å². The summed E-state index contributed by atoms with van der Waals surface area (Å²) in [5, 5.41) is 8.63. The van der Waals surface area contributed by atoms with E-state index in [4.69, 9.17) is 9.84 Å². The van der Waals surface area contributed by atoms with Crippen LogP contribution in [0.5, 0.6) is 5.75 Å². The van der Waals surface area contributed by atoms with E-state index in [2.05, 4.69) is 29.8 Å². The lowest BCUT2D eigenvalue weighted by Crippen LogP contribution is -1.99. The van der Waals surface area contributed by atoms with E-state index < -0.39 is 5.97 Å². The van der Waals surface area contributed by atoms with Crippen molar-refractivity contribution >= 4 is 28.0 Å². The highest BCUT2D eigenvalue weighted by Gasteiger charge is 2.01. The Morgan fingerprint density at radius 3 is 2.84 bits per heavy atom. The van der Waals surface area contributed by atoms with Gasteiger partial charge in [-0.2, -0.15) is 0 Å². The van der Waals surface area contributed by atoms with Gasteiger partial charge in [0.05, 0.1) is 6.61 Å². The molecule has 1 N–H and O–H groups in total. The largest absolute Gasteiger partial charge is 0.494 e. The normalized spacial score (nSPS) is 11.2. The minimum absolute atomic E-state index is 0.682. The Morgan fingerprint density at radius 2 is 2.21 bits per heavy atom. The van der Waals surface area contributed by atoms with Gasteiger partial charge in [-0.05, 0) is 48.6 Å². The van der Waals surface area contributed by atoms with Crippen LogP contribution in [0, 0.1) is 5.92 Å². The molecule has 0 atom stereocenters. The third-order valence-corrected chi connectivity index (χ3v) is 3.29. The Morgan fingerprint density at radius 1 is 1.47 bits per heavy atom. The number of carbonyl (C=O) groups is 1. The molecule has 0 unspecified atom stereocenters. The molecule has 0 aromatic heterocycles. The molecule has 1 aromatic carbocycles. The van der Waals surface area contributed by atoms with Crippen molar-refractivity contribution < 1.29 is 14.6 Å². The third kappa shape index (κ3) is 6.43. The predicted octanol–water partition coefficient (Wildman–Crippen LogP) is 4.36. The van der Waals surface area contributed by atoms with Crippen molar-refractivity contribution in [2.75, 3.05) is 6.61 Å². The first-order chi connectivity index (χ1) is 8.99. The molecule has 3 nitrogen and oxygen atoms in total. The molecule has 19 heavy (non-hydrogen) atoms. The van der Waals surface area contributed by atoms with Crippen LogP contribution in [0.3, 0.4) is 0 Å². The molecule has 4 heteroatoms. The lowest BCUT2D eigenvalue weighted by atomic mass is 10.1. The Kier molecular flexibility index (Phi) is 6.64. The van der Waals surface area contributed by atoms with E-state index in [0.717, 1.165) is 34.7 Å². The van der Waals surface area contributed by atoms with Crippen molar-refractivity contribution in [2.45, 2.75) is 26.7 Å². The monoisotopic (exact) mass is 326 g/mol. The number of benzene rings is 1. The summed E-state index contributed by atoms with van der Waals surface area (Å²) in [4.78, 5) is 10.5. The van der Waals surface area contributed by atoms with Crippen molar-refractivity contribution in [1.82, 2.24) is 0 Å². The van der Waals surface area contributed by atoms with Gasteiger partial charge < -0.3 is 9.84 Å². The number of carboxylic acid groups (broad SMARTS) is 1. The number of hydrogen-bond acceptors (Lipinski definition) is 2. The second-order valence-electron chi connectivity index (χ2n) is 4.74. The average molecular weight is 327 g/mol. The smallest absolute Gasteiger partial charge is 0.328 e. The molecule has 1 rings (SSSR count). The molecular weight excluding hydrogens is 308 g/mol. The fourth-order valence-corrected chi connectivity index (χ4v) is 1.96. The summed E-state index contributed by atoms with van der Waals surface area (Å²) in [5.41, 5.74) is 0.795. The highest BCUT2D eigenvalue weighted by molar-refractivity contribution is 9.10. The second kappa shape index (κ2) is 8.00. The molecule has 0 aliphatic heterocycles. The van der Waals surface area contributed by atoms with Gasteiger partial charge in [-0.3, -0.25) is 0 Å². The molecule has 0 spiro atoms. The summed E-state index contributed by atoms with van der Waals surface area (Å²) in [6.07, 6.45) is 4.83. The Balaban J connectivity index is 2.60. The van der Waals surface area contributed by atoms with E-state index >= 15 is 0 Å². The summed E-state index contributed by atoms with van der Waals surface area (Å²) in [6.45, 7) is 5.06. The van der Waals surface area contributed by atoms with Crippen molar-refractivity contribution in [3.05, 3.63) is 34.3 Å². The first-order valence-corrected chi connectivity index (χ1v) is 7.11. The van der Waals surface area contributed by atoms with Crippen LogP contribution in [0.25, 0.3) is 6.08 Å². The van der Waals surface area contributed by atoms with Crippen LogP contribution in [-0.4, -0.2) is 17.7 Å². The molecule has 0 fully saturated rings. The summed E-state index contributed by atoms with van der Waals surface area (Å²) in [7, 11) is 0. The van der Waals surface area contributed by atoms with E-state index in [1.807, 2.05) is 18.2 Å². The predicted molar refractivity (Wildman–Crippen MR) is 80.4 cm³/mol. The van der Waals surface area contributed by atoms with Gasteiger partial charge in [-0.15, -0.1) is 0 Å². The van der Waals surface area contributed by atoms with Crippen molar-refractivity contribution in [1.29, 1.82) is 0 Å². The molecule has 0 bridgehead atoms. The molecule has 1 aromatic rings. The molecule has 0 saturated heterocycles. The molecule has 0 heterocycles. The fraction of sp³-hybridized carbons (Fsp3) is 0.400. The van der Waals surface area contributed by atoms with E-state index in [1.165, 1.54) is 0 Å². The van der Waals surface area contributed by atoms with Crippen LogP contribution in [0.1, 0.15) is 32.3 Å². The van der Waals surface area contributed by atoms with Crippen molar-refractivity contribution in [3.8, 4) is 5.75 Å². The fourth-order valence-electron chi connectivity index (χ4n) is 1.58. The maximum Gasteiger partial charge on any atom is 0.328 e. The van der Waals surface area contributed by atoms with Gasteiger partial charge in [0.1, 0.15) is 5.75 Å². The zero-order valence-corrected chi connectivity index (χ0v) is 12.8. The first-order valence-electron chi connectivity index (χ1n) is 6.32. The van der Waals surface area contributed by atoms with E-state index in [-0.39, 0.29) is 0 Å². The minimum atomic E-state index is -0.963. The minimum Gasteiger partial charge on any atom is -0.494 e. The molecule has 0 aliphatic carbocycles. The van der Waals surface area contributed by atoms with E-state index in [1.54, 1.807) is 6.08 Å². The number of aliphatic carboxylic acids is 1. The zero-order valence-electron chi connectivity index (χ0n) is 11.2. The molecule has 0 aliphatic rings. The molecule has 104 valence electrons. The SMILES string of the molecule is CC(C)CCCOc1ccc(Br)c(/C=C/C(=O)O)c1. The first kappa shape index (κ1) is 15.8. The second-order valence-corrected chi connectivity index (χ2v) is 5.59. The zero-order chi connectivity index (χ0) is 14.3. The van der Waals surface area contributed by atoms with Crippen LogP contribution in [0.2, 0.25) is 0 Å². The van der Waals surface area contributed by atoms with Crippen molar-refractivity contribution in [3.63, 3.8) is 0 Å². The van der Waals surface area contributed by atoms with E-state index in [9.17, 15) is 4.79 Å². The number of halogens is 1. The maximum atomic E-state index is 10.5. The Bertz CT molecular complexity index is 453. The lowest BCUT2D eigenvalue weighted by Gasteiger charge is -2.09. The number of ether oxygens (including phenoxy) is 1. The van der Waals surface area contributed by atoms with Crippen LogP contribution in [-0.2, 0) is 4.79 Å². The van der Waals surface area contributed by atoms with Gasteiger partial charge in [0.25, 0.3) is 0 Å². The van der Waals surface area contributed by atoms with Gasteiger partial charge in [0.15, 0.2) is 0 Å². The molecule has 0 amide bonds. The number of carboxylic acids is 1. The van der Waals surface area contributed by atoms with Gasteiger partial charge in [0.2, 0.25) is 0 Å². The maximum absolute atomic E-state index is 10.5. The van der Waals surface area contributed by atoms with Crippen LogP contribution < -0.4 is 4.74 Å². The van der Waals surface area contributed by atoms with Gasteiger partial charge >= 0.3 is 5.97 Å². The summed E-state index contributed by atoms with van der Waals surface area (Å²) < 4.78 is 6.50. The topological polar surface area (TPSA) is 46.5 Å². The number of hydrogen-bond donors (Lipinski definition) is 1. The number of rotatable bonds is 7. The third-order valence-electron chi connectivity index (χ3n) is 2.57. The van der Waals surface area contributed by atoms with Gasteiger partial charge in [0, 0.05) is 10.5 Å². The molecule has 0 radical (unpaired) electrons. The van der Waals surface area contributed by atoms with Crippen LogP contribution >= 0.6 is 15.9 Å². The quantitative estimate of drug-likeness (QED) is 0.598. The van der Waals surface area contributed by atoms with Gasteiger partial charge in [-0.1, -0.05) is 29.8 Å². The summed E-state index contributed by atoms with van der Waals surface area (Å²) in [5.74, 6) is 0.481.